The van der Waals surface area contributed by atoms with Gasteiger partial charge in [-0.15, -0.1) is 6.58 Å². The highest BCUT2D eigenvalue weighted by atomic mass is 28.3. The Morgan fingerprint density at radius 1 is 1.50 bits per heavy atom. The van der Waals surface area contributed by atoms with Crippen molar-refractivity contribution < 1.29 is 8.23 Å². The van der Waals surface area contributed by atoms with Crippen LogP contribution in [0.4, 0.5) is 0 Å². The summed E-state index contributed by atoms with van der Waals surface area (Å²) in [4.78, 5) is 0. The zero-order valence-corrected chi connectivity index (χ0v) is 11.2. The van der Waals surface area contributed by atoms with E-state index in [0.29, 0.717) is 0 Å². The molecule has 0 aliphatic rings. The van der Waals surface area contributed by atoms with Crippen molar-refractivity contribution in [3.63, 3.8) is 0 Å². The fourth-order valence-corrected chi connectivity index (χ4v) is 3.18. The van der Waals surface area contributed by atoms with Crippen LogP contribution in [0.25, 0.3) is 0 Å². The van der Waals surface area contributed by atoms with Crippen LogP contribution in [0.2, 0.25) is 0 Å². The van der Waals surface area contributed by atoms with Gasteiger partial charge in [0, 0.05) is 0 Å². The van der Waals surface area contributed by atoms with E-state index in [-0.39, 0.29) is 0 Å². The highest BCUT2D eigenvalue weighted by Gasteiger charge is 1.66. The van der Waals surface area contributed by atoms with Crippen LogP contribution in [-0.4, -0.2) is 31.0 Å². The fourth-order valence-electron chi connectivity index (χ4n) is 0.118. The Kier molecular flexibility index (Phi) is 21.8. The Bertz CT molecular complexity index is 39.5. The SMILES string of the molecule is C=CC.[SiH3]O[SiH2]O[SiH3]. The summed E-state index contributed by atoms with van der Waals surface area (Å²) in [5.74, 6) is 0. The molecule has 0 heterocycles. The minimum atomic E-state index is -0.444. The van der Waals surface area contributed by atoms with Crippen molar-refractivity contribution >= 4 is 31.0 Å². The van der Waals surface area contributed by atoms with Gasteiger partial charge >= 0.3 is 0 Å². The van der Waals surface area contributed by atoms with Crippen molar-refractivity contribution in [3.8, 4) is 0 Å². The molecular formula is C3H14O2Si3. The summed E-state index contributed by atoms with van der Waals surface area (Å²) in [5, 5.41) is 0. The summed E-state index contributed by atoms with van der Waals surface area (Å²) in [6, 6.07) is 0. The number of rotatable bonds is 2. The lowest BCUT2D eigenvalue weighted by molar-refractivity contribution is 0.513. The molecule has 0 aromatic rings. The molecule has 2 nitrogen and oxygen atoms in total. The van der Waals surface area contributed by atoms with E-state index in [1.54, 1.807) is 6.08 Å². The molecule has 0 rings (SSSR count). The van der Waals surface area contributed by atoms with Gasteiger partial charge in [0.05, 0.1) is 0 Å². The van der Waals surface area contributed by atoms with Crippen molar-refractivity contribution in [2.45, 2.75) is 6.92 Å². The monoisotopic (exact) mass is 166 g/mol. The van der Waals surface area contributed by atoms with Crippen LogP contribution >= 0.6 is 0 Å². The van der Waals surface area contributed by atoms with Crippen LogP contribution in [0.1, 0.15) is 6.92 Å². The molecule has 0 spiro atoms. The maximum atomic E-state index is 4.78. The van der Waals surface area contributed by atoms with E-state index in [1.165, 1.54) is 0 Å². The maximum absolute atomic E-state index is 4.78. The lowest BCUT2D eigenvalue weighted by Crippen LogP contribution is -1.96. The standard InChI is InChI=1S/C3H6.H8O2Si3/c1-3-2;3-1-5-2-4/h3H,1H2,2H3;5H2,3-4H3. The average molecular weight is 166 g/mol. The smallest absolute Gasteiger partial charge is 0.282 e. The molecule has 0 saturated carbocycles. The summed E-state index contributed by atoms with van der Waals surface area (Å²) in [6.45, 7) is 5.25. The first-order valence-corrected chi connectivity index (χ1v) is 5.17. The maximum Gasteiger partial charge on any atom is 0.282 e. The minimum Gasteiger partial charge on any atom is -0.449 e. The molecule has 0 amide bonds. The molecule has 50 valence electrons. The first-order chi connectivity index (χ1) is 3.83. The van der Waals surface area contributed by atoms with Crippen molar-refractivity contribution in [3.05, 3.63) is 12.7 Å². The summed E-state index contributed by atoms with van der Waals surface area (Å²) in [6.07, 6.45) is 1.75. The first kappa shape index (κ1) is 11.2. The molecule has 0 saturated heterocycles. The second kappa shape index (κ2) is 15.7. The highest BCUT2D eigenvalue weighted by molar-refractivity contribution is 6.33. The molecule has 0 bridgehead atoms. The molecule has 0 radical (unpaired) electrons. The second-order valence-corrected chi connectivity index (χ2v) is 5.96. The van der Waals surface area contributed by atoms with Gasteiger partial charge in [-0.1, -0.05) is 6.08 Å². The minimum absolute atomic E-state index is 0.444. The molecular weight excluding hydrogens is 152 g/mol. The summed E-state index contributed by atoms with van der Waals surface area (Å²) in [5.41, 5.74) is 0. The topological polar surface area (TPSA) is 18.5 Å². The van der Waals surface area contributed by atoms with Crippen LogP contribution in [-0.2, 0) is 8.23 Å². The van der Waals surface area contributed by atoms with Gasteiger partial charge in [0.1, 0.15) is 21.0 Å². The van der Waals surface area contributed by atoms with Crippen LogP contribution in [0.5, 0.6) is 0 Å². The predicted octanol–water partition coefficient (Wildman–Crippen LogP) is -2.23. The number of hydrogen-bond acceptors (Lipinski definition) is 2. The van der Waals surface area contributed by atoms with Crippen molar-refractivity contribution in [2.24, 2.45) is 0 Å². The largest absolute Gasteiger partial charge is 0.449 e. The molecule has 0 aliphatic heterocycles. The van der Waals surface area contributed by atoms with E-state index in [2.05, 4.69) is 6.58 Å². The molecule has 0 fully saturated rings. The third-order valence-electron chi connectivity index (χ3n) is 0.236. The first-order valence-electron chi connectivity index (χ1n) is 2.38. The van der Waals surface area contributed by atoms with Gasteiger partial charge < -0.3 is 8.23 Å². The van der Waals surface area contributed by atoms with Gasteiger partial charge in [-0.05, 0) is 6.92 Å². The average Bonchev–Trinajstić information content (AvgIpc) is 1.71. The lowest BCUT2D eigenvalue weighted by Gasteiger charge is -1.87. The molecule has 8 heavy (non-hydrogen) atoms. The third-order valence-corrected chi connectivity index (χ3v) is 2.12. The van der Waals surface area contributed by atoms with Crippen LogP contribution < -0.4 is 0 Å². The van der Waals surface area contributed by atoms with Crippen molar-refractivity contribution in [2.75, 3.05) is 0 Å². The Morgan fingerprint density at radius 2 is 1.75 bits per heavy atom. The third kappa shape index (κ3) is 33.3. The van der Waals surface area contributed by atoms with Gasteiger partial charge in [0.25, 0.3) is 10.0 Å². The summed E-state index contributed by atoms with van der Waals surface area (Å²) in [7, 11) is 1.27. The van der Waals surface area contributed by atoms with Gasteiger partial charge in [0.2, 0.25) is 0 Å². The summed E-state index contributed by atoms with van der Waals surface area (Å²) >= 11 is 0. The molecule has 5 heteroatoms. The normalized spacial score (nSPS) is 9.12. The molecule has 0 atom stereocenters. The van der Waals surface area contributed by atoms with E-state index in [4.69, 9.17) is 8.23 Å². The van der Waals surface area contributed by atoms with E-state index in [1.807, 2.05) is 6.92 Å². The van der Waals surface area contributed by atoms with E-state index >= 15 is 0 Å². The van der Waals surface area contributed by atoms with E-state index in [9.17, 15) is 0 Å². The van der Waals surface area contributed by atoms with Gasteiger partial charge in [0.15, 0.2) is 0 Å². The Labute approximate surface area is 59.4 Å². The van der Waals surface area contributed by atoms with Crippen LogP contribution in [0.3, 0.4) is 0 Å². The molecule has 0 aromatic carbocycles. The van der Waals surface area contributed by atoms with Gasteiger partial charge in [-0.25, -0.2) is 0 Å². The highest BCUT2D eigenvalue weighted by Crippen LogP contribution is 1.52. The van der Waals surface area contributed by atoms with Crippen LogP contribution in [0.15, 0.2) is 12.7 Å². The van der Waals surface area contributed by atoms with E-state index < -0.39 is 10.0 Å². The zero-order chi connectivity index (χ0) is 6.83. The zero-order valence-electron chi connectivity index (χ0n) is 5.81. The molecule has 0 unspecified atom stereocenters. The van der Waals surface area contributed by atoms with E-state index in [0.717, 1.165) is 21.0 Å². The number of hydrogen-bond donors (Lipinski definition) is 0. The Morgan fingerprint density at radius 3 is 1.75 bits per heavy atom. The Balaban J connectivity index is 0. The second-order valence-electron chi connectivity index (χ2n) is 1.10. The fraction of sp³-hybridized carbons (Fsp3) is 0.333. The van der Waals surface area contributed by atoms with Crippen molar-refractivity contribution in [1.29, 1.82) is 0 Å². The quantitative estimate of drug-likeness (QED) is 0.342. The molecule has 0 aliphatic carbocycles. The molecule has 0 N–H and O–H groups in total. The number of allylic oxidation sites excluding steroid dienone is 1. The Hall–Kier alpha value is 0.311. The van der Waals surface area contributed by atoms with Gasteiger partial charge in [-0.3, -0.25) is 0 Å². The summed E-state index contributed by atoms with van der Waals surface area (Å²) < 4.78 is 9.56. The van der Waals surface area contributed by atoms with Crippen LogP contribution in [0, 0.1) is 0 Å². The molecule has 0 aromatic heterocycles. The van der Waals surface area contributed by atoms with Crippen molar-refractivity contribution in [1.82, 2.24) is 0 Å². The lowest BCUT2D eigenvalue weighted by atomic mass is 10.8. The van der Waals surface area contributed by atoms with Gasteiger partial charge in [-0.2, -0.15) is 0 Å². The predicted molar refractivity (Wildman–Crippen MR) is 46.5 cm³/mol.